The van der Waals surface area contributed by atoms with Crippen LogP contribution in [0.3, 0.4) is 0 Å². The third-order valence-electron chi connectivity index (χ3n) is 4.40. The highest BCUT2D eigenvalue weighted by Gasteiger charge is 2.29. The summed E-state index contributed by atoms with van der Waals surface area (Å²) in [5, 5.41) is 16.4. The largest absolute Gasteiger partial charge is 0.480 e. The molecule has 3 amide bonds. The molecular weight excluding hydrogens is 390 g/mol. The average molecular weight is 430 g/mol. The molecule has 0 saturated heterocycles. The summed E-state index contributed by atoms with van der Waals surface area (Å²) in [6.07, 6.45) is 2.65. The number of hydrogen-bond acceptors (Lipinski definition) is 6. The fraction of sp³-hybridized carbons (Fsp3) is 0.800. The first-order valence-corrected chi connectivity index (χ1v) is 10.5. The maximum Gasteiger partial charge on any atom is 0.322 e. The van der Waals surface area contributed by atoms with Crippen LogP contribution < -0.4 is 27.4 Å². The number of nitrogens with two attached hydrogens (primary N) is 2. The Morgan fingerprint density at radius 2 is 1.33 bits per heavy atom. The number of carbonyl (C=O) groups excluding carboxylic acids is 3. The highest BCUT2D eigenvalue weighted by atomic mass is 16.4. The quantitative estimate of drug-likeness (QED) is 0.194. The Kier molecular flexibility index (Phi) is 13.7. The van der Waals surface area contributed by atoms with Crippen LogP contribution in [-0.2, 0) is 19.2 Å². The summed E-state index contributed by atoms with van der Waals surface area (Å²) in [5.74, 6) is -2.48. The average Bonchev–Trinajstić information content (AvgIpc) is 2.64. The van der Waals surface area contributed by atoms with E-state index >= 15 is 0 Å². The molecule has 0 aliphatic carbocycles. The van der Waals surface area contributed by atoms with Crippen molar-refractivity contribution in [1.82, 2.24) is 16.0 Å². The lowest BCUT2D eigenvalue weighted by Crippen LogP contribution is -2.56. The Bertz CT molecular complexity index is 568. The topological polar surface area (TPSA) is 177 Å². The van der Waals surface area contributed by atoms with Gasteiger partial charge >= 0.3 is 5.97 Å². The molecule has 10 heteroatoms. The number of aliphatic carboxylic acids is 1. The monoisotopic (exact) mass is 429 g/mol. The second kappa shape index (κ2) is 14.7. The number of hydrogen-bond donors (Lipinski definition) is 6. The van der Waals surface area contributed by atoms with Crippen LogP contribution in [0.2, 0.25) is 0 Å². The minimum atomic E-state index is -1.17. The van der Waals surface area contributed by atoms with E-state index in [1.54, 1.807) is 0 Å². The van der Waals surface area contributed by atoms with Gasteiger partial charge in [0.1, 0.15) is 18.6 Å². The fourth-order valence-electron chi connectivity index (χ4n) is 2.88. The van der Waals surface area contributed by atoms with Crippen molar-refractivity contribution in [1.29, 1.82) is 0 Å². The molecule has 0 aliphatic rings. The molecule has 3 unspecified atom stereocenters. The van der Waals surface area contributed by atoms with E-state index in [1.165, 1.54) is 0 Å². The van der Waals surface area contributed by atoms with Gasteiger partial charge in [-0.1, -0.05) is 34.1 Å². The van der Waals surface area contributed by atoms with Gasteiger partial charge in [0.15, 0.2) is 0 Å². The van der Waals surface area contributed by atoms with Crippen LogP contribution in [0.5, 0.6) is 0 Å². The SMILES string of the molecule is CC(C)CC(NC(=O)C(N)CCCCN)C(=O)NC(CC(C)C)C(=O)NCC(=O)O. The molecule has 0 bridgehead atoms. The first kappa shape index (κ1) is 27.8. The van der Waals surface area contributed by atoms with Gasteiger partial charge in [-0.15, -0.1) is 0 Å². The van der Waals surface area contributed by atoms with E-state index in [4.69, 9.17) is 16.6 Å². The zero-order chi connectivity index (χ0) is 23.3. The maximum atomic E-state index is 12.9. The van der Waals surface area contributed by atoms with Crippen LogP contribution in [0, 0.1) is 11.8 Å². The fourth-order valence-corrected chi connectivity index (χ4v) is 2.88. The smallest absolute Gasteiger partial charge is 0.322 e. The van der Waals surface area contributed by atoms with Crippen molar-refractivity contribution < 1.29 is 24.3 Å². The molecule has 0 saturated carbocycles. The van der Waals surface area contributed by atoms with Gasteiger partial charge in [0.05, 0.1) is 6.04 Å². The van der Waals surface area contributed by atoms with E-state index in [9.17, 15) is 19.2 Å². The zero-order valence-electron chi connectivity index (χ0n) is 18.6. The number of unbranched alkanes of at least 4 members (excludes halogenated alkanes) is 1. The molecule has 10 nitrogen and oxygen atoms in total. The molecule has 0 radical (unpaired) electrons. The van der Waals surface area contributed by atoms with E-state index in [1.807, 2.05) is 27.7 Å². The maximum absolute atomic E-state index is 12.9. The van der Waals surface area contributed by atoms with E-state index in [0.717, 1.165) is 6.42 Å². The van der Waals surface area contributed by atoms with Gasteiger partial charge < -0.3 is 32.5 Å². The molecule has 0 aromatic rings. The number of carboxylic acid groups (broad SMARTS) is 1. The zero-order valence-corrected chi connectivity index (χ0v) is 18.6. The van der Waals surface area contributed by atoms with Gasteiger partial charge in [0.2, 0.25) is 17.7 Å². The van der Waals surface area contributed by atoms with E-state index < -0.39 is 48.4 Å². The number of rotatable bonds is 15. The van der Waals surface area contributed by atoms with Gasteiger partial charge in [0, 0.05) is 0 Å². The Hall–Kier alpha value is -2.20. The van der Waals surface area contributed by atoms with Crippen molar-refractivity contribution in [3.8, 4) is 0 Å². The molecule has 3 atom stereocenters. The molecular formula is C20H39N5O5. The van der Waals surface area contributed by atoms with Crippen molar-refractivity contribution in [3.05, 3.63) is 0 Å². The van der Waals surface area contributed by atoms with Gasteiger partial charge in [-0.3, -0.25) is 19.2 Å². The van der Waals surface area contributed by atoms with Crippen LogP contribution in [0.25, 0.3) is 0 Å². The predicted octanol–water partition coefficient (Wildman–Crippen LogP) is -0.295. The molecule has 0 fully saturated rings. The van der Waals surface area contributed by atoms with E-state index in [-0.39, 0.29) is 11.8 Å². The molecule has 8 N–H and O–H groups in total. The minimum absolute atomic E-state index is 0.0833. The lowest BCUT2D eigenvalue weighted by Gasteiger charge is -2.26. The minimum Gasteiger partial charge on any atom is -0.480 e. The molecule has 0 aliphatic heterocycles. The summed E-state index contributed by atoms with van der Waals surface area (Å²) < 4.78 is 0. The molecule has 174 valence electrons. The molecule has 0 spiro atoms. The normalized spacial score (nSPS) is 14.1. The molecule has 0 heterocycles. The standard InChI is InChI=1S/C20H39N5O5/c1-12(2)9-15(19(29)23-11-17(26)27)25-20(30)16(10-13(3)4)24-18(28)14(22)7-5-6-8-21/h12-16H,5-11,21-22H2,1-4H3,(H,23,29)(H,24,28)(H,25,30)(H,26,27). The van der Waals surface area contributed by atoms with Gasteiger partial charge in [-0.25, -0.2) is 0 Å². The predicted molar refractivity (Wildman–Crippen MR) is 114 cm³/mol. The highest BCUT2D eigenvalue weighted by molar-refractivity contribution is 5.93. The number of carboxylic acids is 1. The Morgan fingerprint density at radius 1 is 0.833 bits per heavy atom. The van der Waals surface area contributed by atoms with Gasteiger partial charge in [0.25, 0.3) is 0 Å². The summed E-state index contributed by atoms with van der Waals surface area (Å²) in [4.78, 5) is 48.3. The van der Waals surface area contributed by atoms with E-state index in [2.05, 4.69) is 16.0 Å². The summed E-state index contributed by atoms with van der Waals surface area (Å²) >= 11 is 0. The number of carbonyl (C=O) groups is 4. The van der Waals surface area contributed by atoms with Crippen LogP contribution >= 0.6 is 0 Å². The van der Waals surface area contributed by atoms with Crippen LogP contribution in [0.4, 0.5) is 0 Å². The van der Waals surface area contributed by atoms with Gasteiger partial charge in [-0.2, -0.15) is 0 Å². The third kappa shape index (κ3) is 12.4. The van der Waals surface area contributed by atoms with Crippen LogP contribution in [0.15, 0.2) is 0 Å². The summed E-state index contributed by atoms with van der Waals surface area (Å²) in [7, 11) is 0. The lowest BCUT2D eigenvalue weighted by atomic mass is 9.99. The summed E-state index contributed by atoms with van der Waals surface area (Å²) in [5.41, 5.74) is 11.4. The first-order chi connectivity index (χ1) is 14.0. The molecule has 0 rings (SSSR count). The van der Waals surface area contributed by atoms with Crippen molar-refractivity contribution in [2.24, 2.45) is 23.3 Å². The van der Waals surface area contributed by atoms with Crippen molar-refractivity contribution in [2.45, 2.75) is 77.9 Å². The van der Waals surface area contributed by atoms with Crippen LogP contribution in [-0.4, -0.2) is 60.0 Å². The summed E-state index contributed by atoms with van der Waals surface area (Å²) in [6.45, 7) is 7.59. The van der Waals surface area contributed by atoms with Gasteiger partial charge in [-0.05, 0) is 44.1 Å². The molecule has 0 aromatic heterocycles. The molecule has 0 aromatic carbocycles. The first-order valence-electron chi connectivity index (χ1n) is 10.5. The Labute approximate surface area is 178 Å². The number of nitrogens with one attached hydrogen (secondary N) is 3. The Balaban J connectivity index is 5.15. The molecule has 30 heavy (non-hydrogen) atoms. The second-order valence-electron chi connectivity index (χ2n) is 8.38. The lowest BCUT2D eigenvalue weighted by molar-refractivity contribution is -0.138. The van der Waals surface area contributed by atoms with E-state index in [0.29, 0.717) is 32.2 Å². The highest BCUT2D eigenvalue weighted by Crippen LogP contribution is 2.09. The van der Waals surface area contributed by atoms with Crippen LogP contribution in [0.1, 0.15) is 59.8 Å². The van der Waals surface area contributed by atoms with Crippen molar-refractivity contribution in [2.75, 3.05) is 13.1 Å². The van der Waals surface area contributed by atoms with Crippen molar-refractivity contribution >= 4 is 23.7 Å². The third-order valence-corrected chi connectivity index (χ3v) is 4.40. The summed E-state index contributed by atoms with van der Waals surface area (Å²) in [6, 6.07) is -2.49. The van der Waals surface area contributed by atoms with Crippen molar-refractivity contribution in [3.63, 3.8) is 0 Å². The second-order valence-corrected chi connectivity index (χ2v) is 8.38. The number of amides is 3. The Morgan fingerprint density at radius 3 is 1.80 bits per heavy atom.